The second kappa shape index (κ2) is 6.81. The highest BCUT2D eigenvalue weighted by Gasteiger charge is 2.30. The van der Waals surface area contributed by atoms with E-state index in [1.54, 1.807) is 0 Å². The minimum Gasteiger partial charge on any atom is -0.485 e. The largest absolute Gasteiger partial charge is 0.485 e. The van der Waals surface area contributed by atoms with Crippen LogP contribution in [0.1, 0.15) is 40.1 Å². The van der Waals surface area contributed by atoms with Crippen molar-refractivity contribution < 1.29 is 9.53 Å². The predicted molar refractivity (Wildman–Crippen MR) is 97.5 cm³/mol. The lowest BCUT2D eigenvalue weighted by Crippen LogP contribution is -2.33. The lowest BCUT2D eigenvalue weighted by molar-refractivity contribution is 0.0898. The average molecular weight is 329 g/mol. The number of carbonyl (C=O) groups is 1. The zero-order valence-corrected chi connectivity index (χ0v) is 13.8. The lowest BCUT2D eigenvalue weighted by atomic mass is 9.92. The number of ether oxygens (including phenoxy) is 1. The summed E-state index contributed by atoms with van der Waals surface area (Å²) in [5, 5.41) is 3.17. The highest BCUT2D eigenvalue weighted by Crippen LogP contribution is 2.40. The van der Waals surface area contributed by atoms with Crippen molar-refractivity contribution in [1.82, 2.24) is 5.32 Å². The van der Waals surface area contributed by atoms with Gasteiger partial charge in [0, 0.05) is 17.5 Å². The van der Waals surface area contributed by atoms with E-state index in [2.05, 4.69) is 17.4 Å². The molecule has 1 N–H and O–H groups in total. The van der Waals surface area contributed by atoms with E-state index in [1.807, 2.05) is 72.8 Å². The molecule has 1 aliphatic rings. The summed E-state index contributed by atoms with van der Waals surface area (Å²) in [5.41, 5.74) is 2.82. The molecule has 3 heteroatoms. The van der Waals surface area contributed by atoms with Gasteiger partial charge in [0.25, 0.3) is 5.91 Å². The van der Waals surface area contributed by atoms with Crippen LogP contribution in [-0.4, -0.2) is 5.91 Å². The molecular weight excluding hydrogens is 310 g/mol. The number of nitrogens with one attached hydrogen (secondary N) is 1. The minimum absolute atomic E-state index is 0.0610. The molecule has 0 aromatic heterocycles. The predicted octanol–water partition coefficient (Wildman–Crippen LogP) is 4.68. The van der Waals surface area contributed by atoms with Crippen molar-refractivity contribution in [2.45, 2.75) is 18.6 Å². The van der Waals surface area contributed by atoms with Crippen molar-refractivity contribution in [1.29, 1.82) is 0 Å². The first-order chi connectivity index (χ1) is 12.3. The third kappa shape index (κ3) is 3.26. The first kappa shape index (κ1) is 15.5. The minimum atomic E-state index is -0.0807. The summed E-state index contributed by atoms with van der Waals surface area (Å²) in [5.74, 6) is 0.773. The quantitative estimate of drug-likeness (QED) is 0.757. The van der Waals surface area contributed by atoms with Gasteiger partial charge in [-0.25, -0.2) is 0 Å². The molecule has 0 saturated heterocycles. The normalized spacial score (nSPS) is 18.7. The van der Waals surface area contributed by atoms with Gasteiger partial charge >= 0.3 is 0 Å². The number of hydrogen-bond acceptors (Lipinski definition) is 2. The first-order valence-corrected chi connectivity index (χ1v) is 8.48. The molecular formula is C22H19NO2. The standard InChI is InChI=1S/C22H19NO2/c24-22(17-11-5-2-6-12-17)23-19-15-21(16-9-3-1-4-10-16)25-20-14-8-7-13-18(19)20/h1-14,19,21H,15H2,(H,23,24)/t19-,21-/m1/s1. The van der Waals surface area contributed by atoms with Crippen molar-refractivity contribution in [3.8, 4) is 5.75 Å². The third-order valence-electron chi connectivity index (χ3n) is 4.53. The molecule has 3 nitrogen and oxygen atoms in total. The number of benzene rings is 3. The van der Waals surface area contributed by atoms with Gasteiger partial charge in [0.2, 0.25) is 0 Å². The van der Waals surface area contributed by atoms with E-state index < -0.39 is 0 Å². The molecule has 25 heavy (non-hydrogen) atoms. The molecule has 1 heterocycles. The van der Waals surface area contributed by atoms with Crippen molar-refractivity contribution >= 4 is 5.91 Å². The van der Waals surface area contributed by atoms with Crippen LogP contribution in [0.25, 0.3) is 0 Å². The fourth-order valence-electron chi connectivity index (χ4n) is 3.26. The Balaban J connectivity index is 1.62. The Hall–Kier alpha value is -3.07. The topological polar surface area (TPSA) is 38.3 Å². The molecule has 0 bridgehead atoms. The van der Waals surface area contributed by atoms with Crippen molar-refractivity contribution in [3.05, 3.63) is 102 Å². The Labute approximate surface area is 147 Å². The van der Waals surface area contributed by atoms with Crippen molar-refractivity contribution in [2.24, 2.45) is 0 Å². The summed E-state index contributed by atoms with van der Waals surface area (Å²) in [6.45, 7) is 0. The summed E-state index contributed by atoms with van der Waals surface area (Å²) in [6.07, 6.45) is 0.636. The van der Waals surface area contributed by atoms with Crippen LogP contribution >= 0.6 is 0 Å². The van der Waals surface area contributed by atoms with E-state index in [0.717, 1.165) is 16.9 Å². The van der Waals surface area contributed by atoms with Gasteiger partial charge in [0.05, 0.1) is 6.04 Å². The molecule has 0 radical (unpaired) electrons. The van der Waals surface area contributed by atoms with E-state index in [9.17, 15) is 4.79 Å². The van der Waals surface area contributed by atoms with E-state index in [1.165, 1.54) is 0 Å². The van der Waals surface area contributed by atoms with Crippen LogP contribution in [0, 0.1) is 0 Å². The summed E-state index contributed by atoms with van der Waals surface area (Å²) >= 11 is 0. The SMILES string of the molecule is O=C(N[C@@H]1C[C@H](c2ccccc2)Oc2ccccc21)c1ccccc1. The van der Waals surface area contributed by atoms with Crippen LogP contribution in [0.2, 0.25) is 0 Å². The molecule has 1 aliphatic heterocycles. The molecule has 3 aromatic carbocycles. The van der Waals surface area contributed by atoms with Crippen LogP contribution < -0.4 is 10.1 Å². The Morgan fingerprint density at radius 3 is 2.24 bits per heavy atom. The van der Waals surface area contributed by atoms with Gasteiger partial charge in [-0.2, -0.15) is 0 Å². The molecule has 2 atom stereocenters. The summed E-state index contributed by atoms with van der Waals surface area (Å²) in [7, 11) is 0. The molecule has 0 aliphatic carbocycles. The van der Waals surface area contributed by atoms with Crippen molar-refractivity contribution in [3.63, 3.8) is 0 Å². The van der Waals surface area contributed by atoms with Crippen LogP contribution in [0.4, 0.5) is 0 Å². The number of fused-ring (bicyclic) bond motifs is 1. The molecule has 124 valence electrons. The van der Waals surface area contributed by atoms with Gasteiger partial charge in [0.15, 0.2) is 0 Å². The average Bonchev–Trinajstić information content (AvgIpc) is 2.69. The Bertz CT molecular complexity index is 861. The van der Waals surface area contributed by atoms with E-state index in [-0.39, 0.29) is 18.1 Å². The van der Waals surface area contributed by atoms with Gasteiger partial charge in [-0.3, -0.25) is 4.79 Å². The van der Waals surface area contributed by atoms with Gasteiger partial charge in [-0.15, -0.1) is 0 Å². The Morgan fingerprint density at radius 2 is 1.48 bits per heavy atom. The number of hydrogen-bond donors (Lipinski definition) is 1. The van der Waals surface area contributed by atoms with Crippen LogP contribution in [0.15, 0.2) is 84.9 Å². The smallest absolute Gasteiger partial charge is 0.251 e. The highest BCUT2D eigenvalue weighted by molar-refractivity contribution is 5.94. The number of rotatable bonds is 3. The van der Waals surface area contributed by atoms with Gasteiger partial charge in [-0.05, 0) is 23.8 Å². The number of amides is 1. The monoisotopic (exact) mass is 329 g/mol. The molecule has 1 amide bonds. The second-order valence-electron chi connectivity index (χ2n) is 6.18. The van der Waals surface area contributed by atoms with Gasteiger partial charge in [0.1, 0.15) is 11.9 Å². The Morgan fingerprint density at radius 1 is 0.840 bits per heavy atom. The third-order valence-corrected chi connectivity index (χ3v) is 4.53. The molecule has 3 aromatic rings. The lowest BCUT2D eigenvalue weighted by Gasteiger charge is -2.33. The molecule has 0 saturated carbocycles. The first-order valence-electron chi connectivity index (χ1n) is 8.48. The zero-order valence-electron chi connectivity index (χ0n) is 13.8. The molecule has 0 unspecified atom stereocenters. The van der Waals surface area contributed by atoms with Crippen LogP contribution in [0.5, 0.6) is 5.75 Å². The molecule has 0 spiro atoms. The second-order valence-corrected chi connectivity index (χ2v) is 6.18. The molecule has 4 rings (SSSR count). The maximum Gasteiger partial charge on any atom is 0.251 e. The van der Waals surface area contributed by atoms with E-state index in [0.29, 0.717) is 12.0 Å². The number of para-hydroxylation sites is 1. The van der Waals surface area contributed by atoms with Crippen LogP contribution in [-0.2, 0) is 0 Å². The molecule has 0 fully saturated rings. The maximum atomic E-state index is 12.6. The number of carbonyl (C=O) groups excluding carboxylic acids is 1. The highest BCUT2D eigenvalue weighted by atomic mass is 16.5. The fraction of sp³-hybridized carbons (Fsp3) is 0.136. The Kier molecular flexibility index (Phi) is 4.21. The van der Waals surface area contributed by atoms with Crippen molar-refractivity contribution in [2.75, 3.05) is 0 Å². The van der Waals surface area contributed by atoms with Gasteiger partial charge in [-0.1, -0.05) is 66.7 Å². The van der Waals surface area contributed by atoms with E-state index in [4.69, 9.17) is 4.74 Å². The fourth-order valence-corrected chi connectivity index (χ4v) is 3.26. The maximum absolute atomic E-state index is 12.6. The summed E-state index contributed by atoms with van der Waals surface area (Å²) in [6, 6.07) is 27.3. The van der Waals surface area contributed by atoms with E-state index >= 15 is 0 Å². The van der Waals surface area contributed by atoms with Gasteiger partial charge < -0.3 is 10.1 Å². The summed E-state index contributed by atoms with van der Waals surface area (Å²) in [4.78, 5) is 12.6. The zero-order chi connectivity index (χ0) is 17.1. The summed E-state index contributed by atoms with van der Waals surface area (Å²) < 4.78 is 6.18. The van der Waals surface area contributed by atoms with Crippen LogP contribution in [0.3, 0.4) is 0 Å².